The number of pyridine rings is 1. The van der Waals surface area contributed by atoms with Crippen molar-refractivity contribution >= 4 is 11.7 Å². The molecule has 0 spiro atoms. The van der Waals surface area contributed by atoms with Gasteiger partial charge in [0.1, 0.15) is 11.6 Å². The van der Waals surface area contributed by atoms with Crippen molar-refractivity contribution in [3.63, 3.8) is 0 Å². The van der Waals surface area contributed by atoms with E-state index in [4.69, 9.17) is 0 Å². The Morgan fingerprint density at radius 3 is 2.39 bits per heavy atom. The maximum atomic E-state index is 13.2. The lowest BCUT2D eigenvalue weighted by Gasteiger charge is -2.33. The number of benzene rings is 1. The van der Waals surface area contributed by atoms with Crippen molar-refractivity contribution in [3.8, 4) is 11.3 Å². The van der Waals surface area contributed by atoms with Gasteiger partial charge in [-0.25, -0.2) is 9.37 Å². The first-order valence-corrected chi connectivity index (χ1v) is 9.69. The highest BCUT2D eigenvalue weighted by atomic mass is 19.4. The molecule has 6 nitrogen and oxygen atoms in total. The van der Waals surface area contributed by atoms with Crippen LogP contribution in [0.1, 0.15) is 28.8 Å². The lowest BCUT2D eigenvalue weighted by atomic mass is 10.0. The van der Waals surface area contributed by atoms with Gasteiger partial charge < -0.3 is 10.2 Å². The molecule has 0 saturated carbocycles. The number of rotatable bonds is 4. The number of anilines is 1. The molecular weight excluding hydrogens is 414 g/mol. The molecule has 0 radical (unpaired) electrons. The zero-order valence-corrected chi connectivity index (χ0v) is 16.3. The minimum Gasteiger partial charge on any atom is -0.356 e. The summed E-state index contributed by atoms with van der Waals surface area (Å²) in [5.74, 6) is -0.186. The van der Waals surface area contributed by atoms with E-state index in [-0.39, 0.29) is 17.8 Å². The van der Waals surface area contributed by atoms with Crippen LogP contribution in [0, 0.1) is 5.82 Å². The number of nitrogens with one attached hydrogen (secondary N) is 2. The quantitative estimate of drug-likeness (QED) is 0.610. The van der Waals surface area contributed by atoms with Crippen LogP contribution in [0.4, 0.5) is 23.4 Å². The zero-order valence-electron chi connectivity index (χ0n) is 16.3. The molecule has 31 heavy (non-hydrogen) atoms. The van der Waals surface area contributed by atoms with Crippen molar-refractivity contribution in [2.24, 2.45) is 0 Å². The number of piperidine rings is 1. The van der Waals surface area contributed by atoms with Gasteiger partial charge in [0.15, 0.2) is 0 Å². The number of hydrogen-bond acceptors (Lipinski definition) is 4. The standard InChI is InChI=1S/C21H19F4N5O/c22-15-4-1-13(2-5-15)19-17(12-27-29-19)20(31)28-16-7-9-30(10-8-16)18-6-3-14(11-26-18)21(23,24)25/h1-6,11-12,16H,7-10H2,(H,27,29)(H,28,31). The van der Waals surface area contributed by atoms with Gasteiger partial charge in [0.25, 0.3) is 5.91 Å². The van der Waals surface area contributed by atoms with Crippen LogP contribution in [0.3, 0.4) is 0 Å². The van der Waals surface area contributed by atoms with E-state index in [1.807, 2.05) is 4.90 Å². The summed E-state index contributed by atoms with van der Waals surface area (Å²) in [6.45, 7) is 1.11. The lowest BCUT2D eigenvalue weighted by Crippen LogP contribution is -2.45. The molecule has 0 aliphatic carbocycles. The lowest BCUT2D eigenvalue weighted by molar-refractivity contribution is -0.137. The molecule has 4 rings (SSSR count). The van der Waals surface area contributed by atoms with Gasteiger partial charge in [-0.3, -0.25) is 9.89 Å². The van der Waals surface area contributed by atoms with E-state index < -0.39 is 11.7 Å². The van der Waals surface area contributed by atoms with Crippen LogP contribution < -0.4 is 10.2 Å². The predicted molar refractivity (Wildman–Crippen MR) is 106 cm³/mol. The molecule has 3 heterocycles. The Hall–Kier alpha value is -3.43. The predicted octanol–water partition coefficient (Wildman–Crippen LogP) is 4.03. The average Bonchev–Trinajstić information content (AvgIpc) is 3.24. The second kappa shape index (κ2) is 8.37. The molecule has 0 atom stereocenters. The average molecular weight is 433 g/mol. The number of aromatic amines is 1. The normalized spacial score (nSPS) is 15.2. The van der Waals surface area contributed by atoms with Crippen LogP contribution in [-0.4, -0.2) is 40.2 Å². The molecule has 3 aromatic rings. The van der Waals surface area contributed by atoms with Gasteiger partial charge in [-0.15, -0.1) is 0 Å². The smallest absolute Gasteiger partial charge is 0.356 e. The number of aromatic nitrogens is 3. The summed E-state index contributed by atoms with van der Waals surface area (Å²) in [7, 11) is 0. The number of hydrogen-bond donors (Lipinski definition) is 2. The summed E-state index contributed by atoms with van der Waals surface area (Å²) in [6.07, 6.45) is -0.909. The molecule has 10 heteroatoms. The fraction of sp³-hybridized carbons (Fsp3) is 0.286. The summed E-state index contributed by atoms with van der Waals surface area (Å²) in [5.41, 5.74) is 0.727. The van der Waals surface area contributed by atoms with E-state index in [0.29, 0.717) is 48.6 Å². The van der Waals surface area contributed by atoms with E-state index >= 15 is 0 Å². The van der Waals surface area contributed by atoms with E-state index in [1.54, 1.807) is 12.1 Å². The third-order valence-electron chi connectivity index (χ3n) is 5.25. The summed E-state index contributed by atoms with van der Waals surface area (Å²) in [4.78, 5) is 18.6. The number of alkyl halides is 3. The number of H-pyrrole nitrogens is 1. The molecule has 1 saturated heterocycles. The Bertz CT molecular complexity index is 1040. The van der Waals surface area contributed by atoms with Crippen molar-refractivity contribution in [2.75, 3.05) is 18.0 Å². The molecule has 0 bridgehead atoms. The maximum Gasteiger partial charge on any atom is 0.417 e. The molecule has 2 aromatic heterocycles. The molecule has 1 amide bonds. The second-order valence-electron chi connectivity index (χ2n) is 7.30. The minimum absolute atomic E-state index is 0.0887. The summed E-state index contributed by atoms with van der Waals surface area (Å²) >= 11 is 0. The minimum atomic E-state index is -4.41. The van der Waals surface area contributed by atoms with Crippen LogP contribution in [0.5, 0.6) is 0 Å². The maximum absolute atomic E-state index is 13.2. The highest BCUT2D eigenvalue weighted by molar-refractivity contribution is 5.99. The summed E-state index contributed by atoms with van der Waals surface area (Å²) < 4.78 is 51.2. The Kier molecular flexibility index (Phi) is 5.62. The van der Waals surface area contributed by atoms with E-state index in [0.717, 1.165) is 12.3 Å². The highest BCUT2D eigenvalue weighted by Gasteiger charge is 2.31. The number of carbonyl (C=O) groups is 1. The second-order valence-corrected chi connectivity index (χ2v) is 7.30. The Morgan fingerprint density at radius 1 is 1.06 bits per heavy atom. The zero-order chi connectivity index (χ0) is 22.0. The van der Waals surface area contributed by atoms with Gasteiger partial charge in [0, 0.05) is 30.9 Å². The molecule has 1 aliphatic heterocycles. The summed E-state index contributed by atoms with van der Waals surface area (Å²) in [6, 6.07) is 8.04. The van der Waals surface area contributed by atoms with Crippen LogP contribution in [0.15, 0.2) is 48.8 Å². The van der Waals surface area contributed by atoms with Crippen LogP contribution in [-0.2, 0) is 6.18 Å². The number of nitrogens with zero attached hydrogens (tertiary/aromatic N) is 3. The largest absolute Gasteiger partial charge is 0.417 e. The molecule has 1 aromatic carbocycles. The van der Waals surface area contributed by atoms with Crippen molar-refractivity contribution in [1.82, 2.24) is 20.5 Å². The van der Waals surface area contributed by atoms with Gasteiger partial charge in [-0.1, -0.05) is 0 Å². The van der Waals surface area contributed by atoms with Gasteiger partial charge in [-0.2, -0.15) is 18.3 Å². The first kappa shape index (κ1) is 20.8. The van der Waals surface area contributed by atoms with Gasteiger partial charge >= 0.3 is 6.18 Å². The van der Waals surface area contributed by atoms with Crippen LogP contribution in [0.25, 0.3) is 11.3 Å². The van der Waals surface area contributed by atoms with Crippen molar-refractivity contribution < 1.29 is 22.4 Å². The first-order chi connectivity index (χ1) is 14.8. The van der Waals surface area contributed by atoms with Crippen LogP contribution in [0.2, 0.25) is 0 Å². The number of amides is 1. The molecule has 1 fully saturated rings. The highest BCUT2D eigenvalue weighted by Crippen LogP contribution is 2.30. The molecule has 1 aliphatic rings. The third-order valence-corrected chi connectivity index (χ3v) is 5.25. The Labute approximate surface area is 175 Å². The summed E-state index contributed by atoms with van der Waals surface area (Å²) in [5, 5.41) is 9.68. The van der Waals surface area contributed by atoms with E-state index in [2.05, 4.69) is 20.5 Å². The Morgan fingerprint density at radius 2 is 1.77 bits per heavy atom. The topological polar surface area (TPSA) is 73.9 Å². The molecule has 162 valence electrons. The fourth-order valence-electron chi connectivity index (χ4n) is 3.55. The SMILES string of the molecule is O=C(NC1CCN(c2ccc(C(F)(F)F)cn2)CC1)c1cn[nH]c1-c1ccc(F)cc1. The van der Waals surface area contributed by atoms with Crippen molar-refractivity contribution in [1.29, 1.82) is 0 Å². The third kappa shape index (κ3) is 4.68. The van der Waals surface area contributed by atoms with Crippen LogP contribution >= 0.6 is 0 Å². The van der Waals surface area contributed by atoms with Gasteiger partial charge in [0.05, 0.1) is 23.0 Å². The number of carbonyl (C=O) groups excluding carboxylic acids is 1. The van der Waals surface area contributed by atoms with Crippen molar-refractivity contribution in [2.45, 2.75) is 25.1 Å². The van der Waals surface area contributed by atoms with Crippen molar-refractivity contribution in [3.05, 3.63) is 65.7 Å². The Balaban J connectivity index is 1.36. The van der Waals surface area contributed by atoms with E-state index in [9.17, 15) is 22.4 Å². The number of halogens is 4. The fourth-order valence-corrected chi connectivity index (χ4v) is 3.55. The van der Waals surface area contributed by atoms with Gasteiger partial charge in [0.2, 0.25) is 0 Å². The first-order valence-electron chi connectivity index (χ1n) is 9.69. The molecular formula is C21H19F4N5O. The van der Waals surface area contributed by atoms with E-state index in [1.165, 1.54) is 24.4 Å². The molecule has 2 N–H and O–H groups in total. The monoisotopic (exact) mass is 433 g/mol. The van der Waals surface area contributed by atoms with Gasteiger partial charge in [-0.05, 0) is 49.2 Å². The molecule has 0 unspecified atom stereocenters.